The summed E-state index contributed by atoms with van der Waals surface area (Å²) in [6, 6.07) is 1.40. The molecule has 1 aliphatic heterocycles. The number of likely N-dealkylation sites (tertiary alicyclic amines) is 1. The maximum Gasteiger partial charge on any atom is 0.257 e. The predicted molar refractivity (Wildman–Crippen MR) is 81.3 cm³/mol. The van der Waals surface area contributed by atoms with Gasteiger partial charge in [0.1, 0.15) is 0 Å². The Morgan fingerprint density at radius 3 is 2.76 bits per heavy atom. The van der Waals surface area contributed by atoms with E-state index in [1.54, 1.807) is 4.90 Å². The van der Waals surface area contributed by atoms with E-state index in [2.05, 4.69) is 25.8 Å². The van der Waals surface area contributed by atoms with Crippen LogP contribution in [-0.4, -0.2) is 28.9 Å². The van der Waals surface area contributed by atoms with E-state index >= 15 is 0 Å². The molecule has 1 saturated heterocycles. The highest BCUT2D eigenvalue weighted by molar-refractivity contribution is 5.95. The number of pyridine rings is 1. The number of halogens is 1. The summed E-state index contributed by atoms with van der Waals surface area (Å²) in [5, 5.41) is 0. The molecule has 1 fully saturated rings. The topological polar surface area (TPSA) is 59.2 Å². The SMILES string of the molecule is CC(C)(C)C1CCCN(C(=O)c2ccnc(N)c2F)CC1. The van der Waals surface area contributed by atoms with Gasteiger partial charge >= 0.3 is 0 Å². The molecule has 4 nitrogen and oxygen atoms in total. The van der Waals surface area contributed by atoms with Crippen molar-refractivity contribution in [1.82, 2.24) is 9.88 Å². The number of anilines is 1. The monoisotopic (exact) mass is 293 g/mol. The van der Waals surface area contributed by atoms with E-state index in [1.165, 1.54) is 12.3 Å². The lowest BCUT2D eigenvalue weighted by Gasteiger charge is -2.29. The Bertz CT molecular complexity index is 525. The fourth-order valence-electron chi connectivity index (χ4n) is 2.96. The minimum absolute atomic E-state index is 0.0247. The third kappa shape index (κ3) is 3.52. The van der Waals surface area contributed by atoms with Crippen molar-refractivity contribution in [3.63, 3.8) is 0 Å². The Labute approximate surface area is 125 Å². The summed E-state index contributed by atoms with van der Waals surface area (Å²) in [6.07, 6.45) is 4.39. The van der Waals surface area contributed by atoms with Crippen LogP contribution in [0, 0.1) is 17.2 Å². The molecule has 1 amide bonds. The second-order valence-corrected chi connectivity index (χ2v) is 6.84. The first-order valence-corrected chi connectivity index (χ1v) is 7.50. The normalized spacial score (nSPS) is 20.2. The first kappa shape index (κ1) is 15.7. The molecule has 1 atom stereocenters. The van der Waals surface area contributed by atoms with Gasteiger partial charge in [0, 0.05) is 19.3 Å². The van der Waals surface area contributed by atoms with Crippen LogP contribution in [0.5, 0.6) is 0 Å². The van der Waals surface area contributed by atoms with Crippen molar-refractivity contribution in [2.24, 2.45) is 11.3 Å². The molecule has 2 heterocycles. The van der Waals surface area contributed by atoms with Gasteiger partial charge in [-0.15, -0.1) is 0 Å². The maximum absolute atomic E-state index is 13.9. The summed E-state index contributed by atoms with van der Waals surface area (Å²) in [7, 11) is 0. The van der Waals surface area contributed by atoms with Crippen molar-refractivity contribution < 1.29 is 9.18 Å². The second-order valence-electron chi connectivity index (χ2n) is 6.84. The molecule has 0 saturated carbocycles. The van der Waals surface area contributed by atoms with Crippen molar-refractivity contribution >= 4 is 11.7 Å². The molecular formula is C16H24FN3O. The summed E-state index contributed by atoms with van der Waals surface area (Å²) in [4.78, 5) is 17.9. The first-order chi connectivity index (χ1) is 9.80. The molecule has 116 valence electrons. The lowest BCUT2D eigenvalue weighted by atomic mass is 9.77. The van der Waals surface area contributed by atoms with Crippen molar-refractivity contribution in [2.45, 2.75) is 40.0 Å². The van der Waals surface area contributed by atoms with Crippen LogP contribution in [0.25, 0.3) is 0 Å². The molecule has 0 aliphatic carbocycles. The van der Waals surface area contributed by atoms with Crippen molar-refractivity contribution in [1.29, 1.82) is 0 Å². The molecule has 2 rings (SSSR count). The Morgan fingerprint density at radius 1 is 1.38 bits per heavy atom. The van der Waals surface area contributed by atoms with E-state index in [4.69, 9.17) is 5.73 Å². The van der Waals surface area contributed by atoms with Crippen molar-refractivity contribution in [3.8, 4) is 0 Å². The lowest BCUT2D eigenvalue weighted by Crippen LogP contribution is -2.33. The number of aromatic nitrogens is 1. The summed E-state index contributed by atoms with van der Waals surface area (Å²) in [5.41, 5.74) is 5.71. The minimum atomic E-state index is -0.709. The molecule has 2 N–H and O–H groups in total. The average molecular weight is 293 g/mol. The van der Waals surface area contributed by atoms with Crippen LogP contribution < -0.4 is 5.73 Å². The van der Waals surface area contributed by atoms with Gasteiger partial charge in [0.2, 0.25) is 0 Å². The Kier molecular flexibility index (Phi) is 4.49. The molecule has 1 aromatic heterocycles. The number of hydrogen-bond donors (Lipinski definition) is 1. The van der Waals surface area contributed by atoms with Crippen LogP contribution in [0.4, 0.5) is 10.2 Å². The van der Waals surface area contributed by atoms with Crippen LogP contribution in [0.15, 0.2) is 12.3 Å². The van der Waals surface area contributed by atoms with E-state index in [1.807, 2.05) is 0 Å². The van der Waals surface area contributed by atoms with E-state index in [-0.39, 0.29) is 22.7 Å². The number of nitrogens with two attached hydrogens (primary N) is 1. The smallest absolute Gasteiger partial charge is 0.257 e. The van der Waals surface area contributed by atoms with Crippen LogP contribution in [-0.2, 0) is 0 Å². The summed E-state index contributed by atoms with van der Waals surface area (Å²) in [5.74, 6) is -0.624. The zero-order valence-electron chi connectivity index (χ0n) is 13.0. The van der Waals surface area contributed by atoms with E-state index in [9.17, 15) is 9.18 Å². The second kappa shape index (κ2) is 6.00. The number of hydrogen-bond acceptors (Lipinski definition) is 3. The highest BCUT2D eigenvalue weighted by atomic mass is 19.1. The summed E-state index contributed by atoms with van der Waals surface area (Å²) in [6.45, 7) is 8.05. The van der Waals surface area contributed by atoms with Gasteiger partial charge in [-0.05, 0) is 36.7 Å². The van der Waals surface area contributed by atoms with Gasteiger partial charge in [-0.1, -0.05) is 20.8 Å². The highest BCUT2D eigenvalue weighted by Gasteiger charge is 2.29. The number of rotatable bonds is 1. The number of carbonyl (C=O) groups is 1. The molecule has 21 heavy (non-hydrogen) atoms. The van der Waals surface area contributed by atoms with Crippen LogP contribution in [0.2, 0.25) is 0 Å². The quantitative estimate of drug-likeness (QED) is 0.865. The van der Waals surface area contributed by atoms with Crippen LogP contribution in [0.1, 0.15) is 50.4 Å². The zero-order valence-corrected chi connectivity index (χ0v) is 13.0. The van der Waals surface area contributed by atoms with Crippen LogP contribution in [0.3, 0.4) is 0 Å². The van der Waals surface area contributed by atoms with Crippen molar-refractivity contribution in [3.05, 3.63) is 23.6 Å². The van der Waals surface area contributed by atoms with Gasteiger partial charge in [-0.25, -0.2) is 9.37 Å². The minimum Gasteiger partial charge on any atom is -0.381 e. The molecular weight excluding hydrogens is 269 g/mol. The largest absolute Gasteiger partial charge is 0.381 e. The van der Waals surface area contributed by atoms with Gasteiger partial charge in [0.05, 0.1) is 5.56 Å². The van der Waals surface area contributed by atoms with Crippen molar-refractivity contribution in [2.75, 3.05) is 18.8 Å². The van der Waals surface area contributed by atoms with E-state index in [0.29, 0.717) is 19.0 Å². The highest BCUT2D eigenvalue weighted by Crippen LogP contribution is 2.34. The first-order valence-electron chi connectivity index (χ1n) is 7.50. The predicted octanol–water partition coefficient (Wildman–Crippen LogP) is 3.09. The van der Waals surface area contributed by atoms with Gasteiger partial charge < -0.3 is 10.6 Å². The third-order valence-corrected chi connectivity index (χ3v) is 4.39. The van der Waals surface area contributed by atoms with E-state index < -0.39 is 5.82 Å². The number of carbonyl (C=O) groups excluding carboxylic acids is 1. The van der Waals surface area contributed by atoms with Gasteiger partial charge in [0.15, 0.2) is 11.6 Å². The number of amides is 1. The van der Waals surface area contributed by atoms with Crippen LogP contribution >= 0.6 is 0 Å². The number of nitrogens with zero attached hydrogens (tertiary/aromatic N) is 2. The molecule has 5 heteroatoms. The fourth-order valence-corrected chi connectivity index (χ4v) is 2.96. The van der Waals surface area contributed by atoms with E-state index in [0.717, 1.165) is 19.3 Å². The molecule has 1 unspecified atom stereocenters. The van der Waals surface area contributed by atoms with Gasteiger partial charge in [-0.3, -0.25) is 4.79 Å². The molecule has 0 radical (unpaired) electrons. The number of nitrogen functional groups attached to an aromatic ring is 1. The Balaban J connectivity index is 2.12. The molecule has 0 aromatic carbocycles. The molecule has 0 bridgehead atoms. The molecule has 0 spiro atoms. The summed E-state index contributed by atoms with van der Waals surface area (Å²) < 4.78 is 13.9. The fraction of sp³-hybridized carbons (Fsp3) is 0.625. The average Bonchev–Trinajstić information content (AvgIpc) is 2.66. The Morgan fingerprint density at radius 2 is 2.10 bits per heavy atom. The maximum atomic E-state index is 13.9. The Hall–Kier alpha value is -1.65. The summed E-state index contributed by atoms with van der Waals surface area (Å²) >= 11 is 0. The third-order valence-electron chi connectivity index (χ3n) is 4.39. The molecule has 1 aromatic rings. The zero-order chi connectivity index (χ0) is 15.6. The standard InChI is InChI=1S/C16H24FN3O/c1-16(2,3)11-5-4-9-20(10-7-11)15(21)12-6-8-19-14(18)13(12)17/h6,8,11H,4-5,7,9-10H2,1-3H3,(H2,18,19). The van der Waals surface area contributed by atoms with Gasteiger partial charge in [0.25, 0.3) is 5.91 Å². The van der Waals surface area contributed by atoms with Gasteiger partial charge in [-0.2, -0.15) is 0 Å². The molecule has 1 aliphatic rings. The lowest BCUT2D eigenvalue weighted by molar-refractivity contribution is 0.0751.